The predicted octanol–water partition coefficient (Wildman–Crippen LogP) is 4.80. The summed E-state index contributed by atoms with van der Waals surface area (Å²) in [6.45, 7) is 1.42. The summed E-state index contributed by atoms with van der Waals surface area (Å²) in [5, 5.41) is 3.15. The fourth-order valence-electron chi connectivity index (χ4n) is 2.61. The second kappa shape index (κ2) is 9.52. The molecule has 30 heavy (non-hydrogen) atoms. The first kappa shape index (κ1) is 21.5. The van der Waals surface area contributed by atoms with Gasteiger partial charge < -0.3 is 10.1 Å². The summed E-state index contributed by atoms with van der Waals surface area (Å²) < 4.78 is 5.27. The number of rotatable bonds is 6. The van der Waals surface area contributed by atoms with E-state index in [1.807, 2.05) is 0 Å². The number of pyridine rings is 1. The van der Waals surface area contributed by atoms with E-state index in [1.54, 1.807) is 48.5 Å². The second-order valence-corrected chi connectivity index (χ2v) is 7.05. The number of aromatic nitrogens is 1. The SMILES string of the molecule is CC(OC(=O)c1ccccc1C(=O)c1ccc(Cl)cc1)C(=O)Nc1cccnc1Cl. The molecule has 1 atom stereocenters. The Bertz CT molecular complexity index is 1100. The molecule has 3 rings (SSSR count). The molecule has 1 unspecified atom stereocenters. The van der Waals surface area contributed by atoms with Crippen LogP contribution in [0.15, 0.2) is 66.9 Å². The number of esters is 1. The molecule has 0 fully saturated rings. The predicted molar refractivity (Wildman–Crippen MR) is 114 cm³/mol. The monoisotopic (exact) mass is 442 g/mol. The van der Waals surface area contributed by atoms with Gasteiger partial charge in [0.1, 0.15) is 0 Å². The largest absolute Gasteiger partial charge is 0.449 e. The number of anilines is 1. The molecule has 1 aromatic heterocycles. The Morgan fingerprint density at radius 1 is 0.933 bits per heavy atom. The van der Waals surface area contributed by atoms with Crippen molar-refractivity contribution in [2.45, 2.75) is 13.0 Å². The summed E-state index contributed by atoms with van der Waals surface area (Å²) in [6.07, 6.45) is 0.350. The fourth-order valence-corrected chi connectivity index (χ4v) is 2.90. The Morgan fingerprint density at radius 2 is 1.60 bits per heavy atom. The maximum absolute atomic E-state index is 12.8. The van der Waals surface area contributed by atoms with Crippen LogP contribution in [0.3, 0.4) is 0 Å². The summed E-state index contributed by atoms with van der Waals surface area (Å²) >= 11 is 11.8. The van der Waals surface area contributed by atoms with Crippen molar-refractivity contribution < 1.29 is 19.1 Å². The lowest BCUT2D eigenvalue weighted by atomic mass is 9.98. The number of ketones is 1. The Hall–Kier alpha value is -3.22. The highest BCUT2D eigenvalue weighted by Gasteiger charge is 2.24. The summed E-state index contributed by atoms with van der Waals surface area (Å²) in [7, 11) is 0. The van der Waals surface area contributed by atoms with Crippen molar-refractivity contribution in [3.63, 3.8) is 0 Å². The van der Waals surface area contributed by atoms with Crippen molar-refractivity contribution in [2.24, 2.45) is 0 Å². The van der Waals surface area contributed by atoms with E-state index in [0.717, 1.165) is 0 Å². The minimum Gasteiger partial charge on any atom is -0.449 e. The third-order valence-corrected chi connectivity index (χ3v) is 4.72. The Balaban J connectivity index is 1.75. The molecule has 0 saturated heterocycles. The summed E-state index contributed by atoms with van der Waals surface area (Å²) in [6, 6.07) is 15.7. The topological polar surface area (TPSA) is 85.4 Å². The maximum atomic E-state index is 12.8. The van der Waals surface area contributed by atoms with Crippen LogP contribution in [0.5, 0.6) is 0 Å². The van der Waals surface area contributed by atoms with Gasteiger partial charge in [-0.2, -0.15) is 0 Å². The van der Waals surface area contributed by atoms with Gasteiger partial charge in [-0.05, 0) is 49.4 Å². The highest BCUT2D eigenvalue weighted by molar-refractivity contribution is 6.32. The molecule has 0 spiro atoms. The molecule has 152 valence electrons. The second-order valence-electron chi connectivity index (χ2n) is 6.26. The summed E-state index contributed by atoms with van der Waals surface area (Å²) in [4.78, 5) is 41.7. The molecular weight excluding hydrogens is 427 g/mol. The number of ether oxygens (including phenoxy) is 1. The third kappa shape index (κ3) is 5.03. The molecule has 1 heterocycles. The first-order chi connectivity index (χ1) is 14.4. The van der Waals surface area contributed by atoms with Crippen LogP contribution < -0.4 is 5.32 Å². The molecule has 1 N–H and O–H groups in total. The van der Waals surface area contributed by atoms with Gasteiger partial charge in [0.05, 0.1) is 11.3 Å². The van der Waals surface area contributed by atoms with Gasteiger partial charge in [-0.15, -0.1) is 0 Å². The zero-order valence-electron chi connectivity index (χ0n) is 15.8. The Labute approximate surface area is 182 Å². The molecule has 0 bridgehead atoms. The van der Waals surface area contributed by atoms with E-state index in [9.17, 15) is 14.4 Å². The van der Waals surface area contributed by atoms with Crippen molar-refractivity contribution in [2.75, 3.05) is 5.32 Å². The third-order valence-electron chi connectivity index (χ3n) is 4.17. The lowest BCUT2D eigenvalue weighted by Crippen LogP contribution is -2.30. The first-order valence-electron chi connectivity index (χ1n) is 8.88. The quantitative estimate of drug-likeness (QED) is 0.336. The van der Waals surface area contributed by atoms with Crippen LogP contribution in [0, 0.1) is 0 Å². The van der Waals surface area contributed by atoms with Crippen molar-refractivity contribution in [1.29, 1.82) is 0 Å². The van der Waals surface area contributed by atoms with E-state index >= 15 is 0 Å². The molecular formula is C22H16Cl2N2O4. The zero-order valence-corrected chi connectivity index (χ0v) is 17.3. The van der Waals surface area contributed by atoms with Gasteiger partial charge in [-0.3, -0.25) is 9.59 Å². The minimum absolute atomic E-state index is 0.0523. The van der Waals surface area contributed by atoms with Crippen LogP contribution >= 0.6 is 23.2 Å². The highest BCUT2D eigenvalue weighted by Crippen LogP contribution is 2.20. The first-order valence-corrected chi connectivity index (χ1v) is 9.64. The van der Waals surface area contributed by atoms with E-state index < -0.39 is 18.0 Å². The van der Waals surface area contributed by atoms with Gasteiger partial charge in [0.2, 0.25) is 0 Å². The number of hydrogen-bond acceptors (Lipinski definition) is 5. The molecule has 0 aliphatic carbocycles. The average Bonchev–Trinajstić information content (AvgIpc) is 2.75. The molecule has 0 aliphatic heterocycles. The van der Waals surface area contributed by atoms with Gasteiger partial charge in [0.15, 0.2) is 17.0 Å². The molecule has 6 nitrogen and oxygen atoms in total. The van der Waals surface area contributed by atoms with Crippen molar-refractivity contribution in [3.8, 4) is 0 Å². The lowest BCUT2D eigenvalue weighted by Gasteiger charge is -2.15. The van der Waals surface area contributed by atoms with Crippen LogP contribution in [0.25, 0.3) is 0 Å². The number of hydrogen-bond donors (Lipinski definition) is 1. The molecule has 2 aromatic carbocycles. The van der Waals surface area contributed by atoms with Crippen LogP contribution in [-0.2, 0) is 9.53 Å². The number of nitrogens with zero attached hydrogens (tertiary/aromatic N) is 1. The van der Waals surface area contributed by atoms with E-state index in [2.05, 4.69) is 10.3 Å². The molecule has 0 radical (unpaired) electrons. The van der Waals surface area contributed by atoms with Gasteiger partial charge in [0.25, 0.3) is 5.91 Å². The van der Waals surface area contributed by atoms with Crippen LogP contribution in [-0.4, -0.2) is 28.7 Å². The Kier molecular flexibility index (Phi) is 6.82. The maximum Gasteiger partial charge on any atom is 0.339 e. The number of amides is 1. The number of carbonyl (C=O) groups is 3. The standard InChI is InChI=1S/C22H16Cl2N2O4/c1-13(21(28)26-18-7-4-12-25-20(18)24)30-22(29)17-6-3-2-5-16(17)19(27)14-8-10-15(23)11-9-14/h2-13H,1H3,(H,26,28). The van der Waals surface area contributed by atoms with Gasteiger partial charge in [-0.1, -0.05) is 41.4 Å². The van der Waals surface area contributed by atoms with E-state index in [4.69, 9.17) is 27.9 Å². The molecule has 3 aromatic rings. The van der Waals surface area contributed by atoms with Crippen LogP contribution in [0.2, 0.25) is 10.2 Å². The average molecular weight is 443 g/mol. The number of halogens is 2. The van der Waals surface area contributed by atoms with Gasteiger partial charge in [0, 0.05) is 22.3 Å². The normalized spacial score (nSPS) is 11.4. The summed E-state index contributed by atoms with van der Waals surface area (Å²) in [5.74, 6) is -1.74. The lowest BCUT2D eigenvalue weighted by molar-refractivity contribution is -0.123. The smallest absolute Gasteiger partial charge is 0.339 e. The van der Waals surface area contributed by atoms with Gasteiger partial charge >= 0.3 is 5.97 Å². The summed E-state index contributed by atoms with van der Waals surface area (Å²) in [5.41, 5.74) is 0.881. The van der Waals surface area contributed by atoms with Crippen LogP contribution in [0.4, 0.5) is 5.69 Å². The zero-order chi connectivity index (χ0) is 21.7. The van der Waals surface area contributed by atoms with E-state index in [0.29, 0.717) is 16.3 Å². The minimum atomic E-state index is -1.13. The van der Waals surface area contributed by atoms with Gasteiger partial charge in [-0.25, -0.2) is 9.78 Å². The van der Waals surface area contributed by atoms with Crippen molar-refractivity contribution >= 4 is 46.5 Å². The Morgan fingerprint density at radius 3 is 2.27 bits per heavy atom. The molecule has 1 amide bonds. The number of nitrogens with one attached hydrogen (secondary N) is 1. The molecule has 0 saturated carbocycles. The van der Waals surface area contributed by atoms with Crippen LogP contribution in [0.1, 0.15) is 33.2 Å². The van der Waals surface area contributed by atoms with Crippen molar-refractivity contribution in [3.05, 3.63) is 93.7 Å². The van der Waals surface area contributed by atoms with E-state index in [-0.39, 0.29) is 22.1 Å². The number of benzene rings is 2. The van der Waals surface area contributed by atoms with E-state index in [1.165, 1.54) is 25.3 Å². The molecule has 8 heteroatoms. The molecule has 0 aliphatic rings. The number of carbonyl (C=O) groups excluding carboxylic acids is 3. The fraction of sp³-hybridized carbons (Fsp3) is 0.0909. The highest BCUT2D eigenvalue weighted by atomic mass is 35.5. The van der Waals surface area contributed by atoms with Crippen molar-refractivity contribution in [1.82, 2.24) is 4.98 Å².